The SMILES string of the molecule is CN1Cc2c(C(N)=O)ncn2-c2ccccc2C1=O. The van der Waals surface area contributed by atoms with E-state index in [9.17, 15) is 9.59 Å². The first-order valence-corrected chi connectivity index (χ1v) is 5.80. The van der Waals surface area contributed by atoms with E-state index in [1.54, 1.807) is 22.6 Å². The van der Waals surface area contributed by atoms with Gasteiger partial charge in [-0.2, -0.15) is 0 Å². The number of nitrogens with two attached hydrogens (primary N) is 1. The molecule has 3 rings (SSSR count). The summed E-state index contributed by atoms with van der Waals surface area (Å²) in [6.45, 7) is 0.297. The van der Waals surface area contributed by atoms with Crippen molar-refractivity contribution < 1.29 is 9.59 Å². The van der Waals surface area contributed by atoms with Gasteiger partial charge in [-0.15, -0.1) is 0 Å². The first-order valence-electron chi connectivity index (χ1n) is 5.80. The van der Waals surface area contributed by atoms with Gasteiger partial charge in [-0.05, 0) is 12.1 Å². The monoisotopic (exact) mass is 256 g/mol. The van der Waals surface area contributed by atoms with Crippen molar-refractivity contribution in [3.05, 3.63) is 47.5 Å². The summed E-state index contributed by atoms with van der Waals surface area (Å²) >= 11 is 0. The lowest BCUT2D eigenvalue weighted by Crippen LogP contribution is -2.26. The van der Waals surface area contributed by atoms with E-state index in [-0.39, 0.29) is 11.6 Å². The number of fused-ring (bicyclic) bond motifs is 3. The van der Waals surface area contributed by atoms with Crippen molar-refractivity contribution >= 4 is 11.8 Å². The smallest absolute Gasteiger partial charge is 0.269 e. The third-order valence-corrected chi connectivity index (χ3v) is 3.23. The third kappa shape index (κ3) is 1.61. The van der Waals surface area contributed by atoms with Gasteiger partial charge in [0.05, 0.1) is 23.5 Å². The van der Waals surface area contributed by atoms with Crippen LogP contribution in [-0.4, -0.2) is 33.3 Å². The highest BCUT2D eigenvalue weighted by atomic mass is 16.2. The molecule has 2 heterocycles. The number of primary amides is 1. The maximum absolute atomic E-state index is 12.3. The third-order valence-electron chi connectivity index (χ3n) is 3.23. The molecule has 1 aliphatic rings. The average Bonchev–Trinajstić information content (AvgIpc) is 2.77. The predicted molar refractivity (Wildman–Crippen MR) is 67.9 cm³/mol. The number of nitrogens with zero attached hydrogens (tertiary/aromatic N) is 3. The molecular formula is C13H12N4O2. The number of para-hydroxylation sites is 1. The molecule has 0 saturated heterocycles. The Labute approximate surface area is 109 Å². The molecule has 2 N–H and O–H groups in total. The van der Waals surface area contributed by atoms with Crippen molar-refractivity contribution in [1.29, 1.82) is 0 Å². The predicted octanol–water partition coefficient (Wildman–Crippen LogP) is 0.557. The van der Waals surface area contributed by atoms with Crippen molar-refractivity contribution in [2.75, 3.05) is 7.05 Å². The maximum Gasteiger partial charge on any atom is 0.269 e. The minimum Gasteiger partial charge on any atom is -0.364 e. The molecule has 2 amide bonds. The quantitative estimate of drug-likeness (QED) is 0.809. The van der Waals surface area contributed by atoms with Gasteiger partial charge in [0.25, 0.3) is 11.8 Å². The largest absolute Gasteiger partial charge is 0.364 e. The lowest BCUT2D eigenvalue weighted by Gasteiger charge is -2.14. The van der Waals surface area contributed by atoms with E-state index >= 15 is 0 Å². The van der Waals surface area contributed by atoms with E-state index in [1.165, 1.54) is 6.33 Å². The van der Waals surface area contributed by atoms with Crippen LogP contribution >= 0.6 is 0 Å². The molecule has 0 atom stereocenters. The number of hydrogen-bond acceptors (Lipinski definition) is 3. The summed E-state index contributed by atoms with van der Waals surface area (Å²) in [5.41, 5.74) is 7.45. The second-order valence-electron chi connectivity index (χ2n) is 4.45. The molecule has 0 unspecified atom stereocenters. The van der Waals surface area contributed by atoms with E-state index in [4.69, 9.17) is 5.73 Å². The summed E-state index contributed by atoms with van der Waals surface area (Å²) in [7, 11) is 1.69. The van der Waals surface area contributed by atoms with Crippen LogP contribution in [-0.2, 0) is 6.54 Å². The van der Waals surface area contributed by atoms with Crippen LogP contribution in [0.5, 0.6) is 0 Å². The van der Waals surface area contributed by atoms with Gasteiger partial charge in [-0.1, -0.05) is 12.1 Å². The van der Waals surface area contributed by atoms with Gasteiger partial charge in [-0.3, -0.25) is 14.2 Å². The van der Waals surface area contributed by atoms with Crippen LogP contribution in [0.15, 0.2) is 30.6 Å². The molecule has 6 nitrogen and oxygen atoms in total. The Hall–Kier alpha value is -2.63. The zero-order chi connectivity index (χ0) is 13.6. The molecule has 1 aliphatic heterocycles. The molecule has 0 spiro atoms. The number of amides is 2. The molecular weight excluding hydrogens is 244 g/mol. The second-order valence-corrected chi connectivity index (χ2v) is 4.45. The first-order chi connectivity index (χ1) is 9.09. The Morgan fingerprint density at radius 2 is 2.11 bits per heavy atom. The fraction of sp³-hybridized carbons (Fsp3) is 0.154. The first kappa shape index (κ1) is 11.5. The lowest BCUT2D eigenvalue weighted by atomic mass is 10.1. The molecule has 0 aliphatic carbocycles. The van der Waals surface area contributed by atoms with Crippen LogP contribution in [0.1, 0.15) is 26.5 Å². The minimum atomic E-state index is -0.589. The number of carbonyl (C=O) groups is 2. The maximum atomic E-state index is 12.3. The van der Waals surface area contributed by atoms with Crippen LogP contribution in [0.4, 0.5) is 0 Å². The number of hydrogen-bond donors (Lipinski definition) is 1. The van der Waals surface area contributed by atoms with Gasteiger partial charge < -0.3 is 10.6 Å². The number of carbonyl (C=O) groups excluding carboxylic acids is 2. The molecule has 2 aromatic rings. The molecule has 1 aromatic heterocycles. The topological polar surface area (TPSA) is 81.2 Å². The number of imidazole rings is 1. The molecule has 0 fully saturated rings. The normalized spacial score (nSPS) is 13.7. The highest BCUT2D eigenvalue weighted by Crippen LogP contribution is 2.25. The van der Waals surface area contributed by atoms with E-state index in [0.717, 1.165) is 0 Å². The summed E-state index contributed by atoms with van der Waals surface area (Å²) in [5.74, 6) is -0.677. The van der Waals surface area contributed by atoms with Gasteiger partial charge >= 0.3 is 0 Å². The molecule has 1 aromatic carbocycles. The number of rotatable bonds is 1. The van der Waals surface area contributed by atoms with Crippen LogP contribution in [0, 0.1) is 0 Å². The molecule has 19 heavy (non-hydrogen) atoms. The zero-order valence-corrected chi connectivity index (χ0v) is 10.3. The Bertz CT molecular complexity index is 690. The molecule has 6 heteroatoms. The Balaban J connectivity index is 2.31. The van der Waals surface area contributed by atoms with E-state index < -0.39 is 5.91 Å². The van der Waals surface area contributed by atoms with Gasteiger partial charge in [0.1, 0.15) is 6.33 Å². The highest BCUT2D eigenvalue weighted by Gasteiger charge is 2.27. The second kappa shape index (κ2) is 3.94. The average molecular weight is 256 g/mol. The highest BCUT2D eigenvalue weighted by molar-refractivity contribution is 5.99. The zero-order valence-electron chi connectivity index (χ0n) is 10.3. The summed E-state index contributed by atoms with van der Waals surface area (Å²) in [6, 6.07) is 7.22. The molecule has 0 radical (unpaired) electrons. The number of aromatic nitrogens is 2. The summed E-state index contributed by atoms with van der Waals surface area (Å²) in [6.07, 6.45) is 1.53. The Morgan fingerprint density at radius 1 is 1.37 bits per heavy atom. The van der Waals surface area contributed by atoms with Crippen molar-refractivity contribution in [2.45, 2.75) is 6.54 Å². The lowest BCUT2D eigenvalue weighted by molar-refractivity contribution is 0.0785. The minimum absolute atomic E-state index is 0.0882. The summed E-state index contributed by atoms with van der Waals surface area (Å²) < 4.78 is 1.75. The van der Waals surface area contributed by atoms with Crippen LogP contribution < -0.4 is 5.73 Å². The van der Waals surface area contributed by atoms with Crippen molar-refractivity contribution in [3.63, 3.8) is 0 Å². The van der Waals surface area contributed by atoms with Crippen LogP contribution in [0.25, 0.3) is 5.69 Å². The summed E-state index contributed by atoms with van der Waals surface area (Å²) in [5, 5.41) is 0. The van der Waals surface area contributed by atoms with Gasteiger partial charge in [0.2, 0.25) is 0 Å². The fourth-order valence-corrected chi connectivity index (χ4v) is 2.30. The molecule has 0 bridgehead atoms. The van der Waals surface area contributed by atoms with E-state index in [2.05, 4.69) is 4.98 Å². The Kier molecular flexibility index (Phi) is 2.38. The van der Waals surface area contributed by atoms with E-state index in [1.807, 2.05) is 18.2 Å². The number of benzene rings is 1. The Morgan fingerprint density at radius 3 is 2.84 bits per heavy atom. The molecule has 96 valence electrons. The van der Waals surface area contributed by atoms with Crippen molar-refractivity contribution in [2.24, 2.45) is 5.73 Å². The van der Waals surface area contributed by atoms with Crippen LogP contribution in [0.2, 0.25) is 0 Å². The van der Waals surface area contributed by atoms with Gasteiger partial charge in [0, 0.05) is 7.05 Å². The van der Waals surface area contributed by atoms with Crippen molar-refractivity contribution in [3.8, 4) is 5.69 Å². The molecule has 0 saturated carbocycles. The van der Waals surface area contributed by atoms with Crippen molar-refractivity contribution in [1.82, 2.24) is 14.5 Å². The summed E-state index contributed by atoms with van der Waals surface area (Å²) in [4.78, 5) is 29.2. The standard InChI is InChI=1S/C13H12N4O2/c1-16-6-10-11(12(14)18)15-7-17(10)9-5-3-2-4-8(9)13(16)19/h2-5,7H,6H2,1H3,(H2,14,18). The van der Waals surface area contributed by atoms with E-state index in [0.29, 0.717) is 23.5 Å². The van der Waals surface area contributed by atoms with Gasteiger partial charge in [-0.25, -0.2) is 4.98 Å². The fourth-order valence-electron chi connectivity index (χ4n) is 2.30. The van der Waals surface area contributed by atoms with Crippen LogP contribution in [0.3, 0.4) is 0 Å². The van der Waals surface area contributed by atoms with Gasteiger partial charge in [0.15, 0.2) is 5.69 Å².